The second-order valence-electron chi connectivity index (χ2n) is 7.98. The first-order valence-electron chi connectivity index (χ1n) is 10.7. The lowest BCUT2D eigenvalue weighted by Gasteiger charge is -2.25. The van der Waals surface area contributed by atoms with Crippen LogP contribution in [-0.4, -0.2) is 36.2 Å². The molecular formula is C25H29N3O3. The average Bonchev–Trinajstić information content (AvgIpc) is 3.23. The zero-order chi connectivity index (χ0) is 21.8. The number of aromatic nitrogens is 2. The molecule has 4 rings (SSSR count). The molecule has 6 nitrogen and oxygen atoms in total. The third-order valence-electron chi connectivity index (χ3n) is 6.00. The van der Waals surface area contributed by atoms with Crippen molar-refractivity contribution in [3.05, 3.63) is 76.9 Å². The molecule has 1 aliphatic rings. The zero-order valence-electron chi connectivity index (χ0n) is 18.4. The Balaban J connectivity index is 1.36. The Morgan fingerprint density at radius 3 is 2.74 bits per heavy atom. The highest BCUT2D eigenvalue weighted by atomic mass is 16.5. The Morgan fingerprint density at radius 1 is 1.16 bits per heavy atom. The highest BCUT2D eigenvalue weighted by Crippen LogP contribution is 2.31. The molecular weight excluding hydrogens is 390 g/mol. The molecule has 0 unspecified atom stereocenters. The molecule has 0 aliphatic carbocycles. The zero-order valence-corrected chi connectivity index (χ0v) is 18.4. The molecule has 1 N–H and O–H groups in total. The SMILES string of the molecule is COc1ccc(CCNC(=O)c2cn3c(n2)CC[C@@H](c2ccccc2C)C3)cc1OC. The molecule has 2 heterocycles. The Kier molecular flexibility index (Phi) is 6.26. The maximum Gasteiger partial charge on any atom is 0.271 e. The molecule has 162 valence electrons. The molecule has 0 bridgehead atoms. The van der Waals surface area contributed by atoms with E-state index in [1.807, 2.05) is 24.4 Å². The third-order valence-corrected chi connectivity index (χ3v) is 6.00. The quantitative estimate of drug-likeness (QED) is 0.631. The summed E-state index contributed by atoms with van der Waals surface area (Å²) in [7, 11) is 3.24. The van der Waals surface area contributed by atoms with Gasteiger partial charge in [0, 0.05) is 31.6 Å². The van der Waals surface area contributed by atoms with Gasteiger partial charge in [-0.25, -0.2) is 4.98 Å². The number of imidazole rings is 1. The normalized spacial score (nSPS) is 15.3. The van der Waals surface area contributed by atoms with Gasteiger partial charge in [-0.05, 0) is 48.6 Å². The van der Waals surface area contributed by atoms with Crippen LogP contribution in [0.3, 0.4) is 0 Å². The minimum absolute atomic E-state index is 0.130. The number of fused-ring (bicyclic) bond motifs is 1. The molecule has 3 aromatic rings. The van der Waals surface area contributed by atoms with Crippen molar-refractivity contribution in [1.82, 2.24) is 14.9 Å². The summed E-state index contributed by atoms with van der Waals surface area (Å²) >= 11 is 0. The summed E-state index contributed by atoms with van der Waals surface area (Å²) in [4.78, 5) is 17.2. The van der Waals surface area contributed by atoms with Gasteiger partial charge in [0.05, 0.1) is 14.2 Å². The number of aryl methyl sites for hydroxylation is 2. The fraction of sp³-hybridized carbons (Fsp3) is 0.360. The topological polar surface area (TPSA) is 65.4 Å². The van der Waals surface area contributed by atoms with Gasteiger partial charge >= 0.3 is 0 Å². The lowest BCUT2D eigenvalue weighted by Crippen LogP contribution is -2.26. The number of methoxy groups -OCH3 is 2. The lowest BCUT2D eigenvalue weighted by atomic mass is 9.89. The van der Waals surface area contributed by atoms with Crippen LogP contribution in [0.25, 0.3) is 0 Å². The van der Waals surface area contributed by atoms with Crippen molar-refractivity contribution < 1.29 is 14.3 Å². The fourth-order valence-corrected chi connectivity index (χ4v) is 4.30. The van der Waals surface area contributed by atoms with Crippen LogP contribution in [0.2, 0.25) is 0 Å². The van der Waals surface area contributed by atoms with Crippen LogP contribution in [-0.2, 0) is 19.4 Å². The summed E-state index contributed by atoms with van der Waals surface area (Å²) in [5, 5.41) is 2.99. The molecule has 1 aromatic heterocycles. The van der Waals surface area contributed by atoms with Crippen molar-refractivity contribution in [2.75, 3.05) is 20.8 Å². The molecule has 0 saturated heterocycles. The van der Waals surface area contributed by atoms with Gasteiger partial charge in [-0.2, -0.15) is 0 Å². The summed E-state index contributed by atoms with van der Waals surface area (Å²) in [6.45, 7) is 3.56. The summed E-state index contributed by atoms with van der Waals surface area (Å²) in [5.74, 6) is 2.72. The molecule has 0 saturated carbocycles. The number of carbonyl (C=O) groups is 1. The van der Waals surface area contributed by atoms with Crippen LogP contribution in [0.15, 0.2) is 48.7 Å². The van der Waals surface area contributed by atoms with E-state index in [-0.39, 0.29) is 5.91 Å². The third kappa shape index (κ3) is 4.58. The van der Waals surface area contributed by atoms with Gasteiger partial charge in [0.15, 0.2) is 11.5 Å². The Bertz CT molecular complexity index is 1070. The van der Waals surface area contributed by atoms with Crippen molar-refractivity contribution in [3.63, 3.8) is 0 Å². The first-order chi connectivity index (χ1) is 15.1. The van der Waals surface area contributed by atoms with Gasteiger partial charge in [-0.1, -0.05) is 30.3 Å². The monoisotopic (exact) mass is 419 g/mol. The van der Waals surface area contributed by atoms with Gasteiger partial charge in [0.25, 0.3) is 5.91 Å². The molecule has 1 amide bonds. The van der Waals surface area contributed by atoms with Crippen LogP contribution >= 0.6 is 0 Å². The van der Waals surface area contributed by atoms with Gasteiger partial charge in [0.2, 0.25) is 0 Å². The van der Waals surface area contributed by atoms with E-state index in [4.69, 9.17) is 9.47 Å². The standard InChI is InChI=1S/C25H29N3O3/c1-17-6-4-5-7-20(17)19-9-11-24-27-21(16-28(24)15-19)25(29)26-13-12-18-8-10-22(30-2)23(14-18)31-3/h4-8,10,14,16,19H,9,11-13,15H2,1-3H3,(H,26,29)/t19-/m1/s1. The predicted molar refractivity (Wildman–Crippen MR) is 120 cm³/mol. The molecule has 1 aliphatic heterocycles. The van der Waals surface area contributed by atoms with Crippen molar-refractivity contribution in [2.45, 2.75) is 38.6 Å². The number of benzene rings is 2. The summed E-state index contributed by atoms with van der Waals surface area (Å²) in [6, 6.07) is 14.3. The highest BCUT2D eigenvalue weighted by Gasteiger charge is 2.24. The first-order valence-corrected chi connectivity index (χ1v) is 10.7. The van der Waals surface area contributed by atoms with Gasteiger partial charge in [0.1, 0.15) is 11.5 Å². The number of rotatable bonds is 7. The summed E-state index contributed by atoms with van der Waals surface area (Å²) < 4.78 is 12.8. The van der Waals surface area contributed by atoms with Gasteiger partial charge < -0.3 is 19.4 Å². The minimum Gasteiger partial charge on any atom is -0.493 e. The Labute approximate surface area is 183 Å². The largest absolute Gasteiger partial charge is 0.493 e. The summed E-state index contributed by atoms with van der Waals surface area (Å²) in [6.07, 6.45) is 4.54. The van der Waals surface area contributed by atoms with Crippen molar-refractivity contribution in [3.8, 4) is 11.5 Å². The molecule has 31 heavy (non-hydrogen) atoms. The van der Waals surface area contributed by atoms with E-state index < -0.39 is 0 Å². The van der Waals surface area contributed by atoms with Crippen LogP contribution in [0.4, 0.5) is 0 Å². The number of hydrogen-bond acceptors (Lipinski definition) is 4. The first kappa shape index (κ1) is 21.0. The maximum atomic E-state index is 12.7. The highest BCUT2D eigenvalue weighted by molar-refractivity contribution is 5.92. The van der Waals surface area contributed by atoms with Crippen LogP contribution < -0.4 is 14.8 Å². The smallest absolute Gasteiger partial charge is 0.271 e. The molecule has 0 fully saturated rings. The minimum atomic E-state index is -0.130. The number of nitrogens with zero attached hydrogens (tertiary/aromatic N) is 2. The van der Waals surface area contributed by atoms with Gasteiger partial charge in [-0.15, -0.1) is 0 Å². The van der Waals surface area contributed by atoms with Crippen molar-refractivity contribution in [1.29, 1.82) is 0 Å². The number of hydrogen-bond donors (Lipinski definition) is 1. The predicted octanol–water partition coefficient (Wildman–Crippen LogP) is 3.91. The van der Waals surface area contributed by atoms with E-state index in [1.54, 1.807) is 14.2 Å². The second kappa shape index (κ2) is 9.25. The number of amides is 1. The van der Waals surface area contributed by atoms with Crippen molar-refractivity contribution in [2.24, 2.45) is 0 Å². The van der Waals surface area contributed by atoms with E-state index in [0.717, 1.165) is 30.8 Å². The van der Waals surface area contributed by atoms with Crippen LogP contribution in [0, 0.1) is 6.92 Å². The number of ether oxygens (including phenoxy) is 2. The molecule has 0 spiro atoms. The second-order valence-corrected chi connectivity index (χ2v) is 7.98. The molecule has 1 atom stereocenters. The lowest BCUT2D eigenvalue weighted by molar-refractivity contribution is 0.0949. The van der Waals surface area contributed by atoms with E-state index in [9.17, 15) is 4.79 Å². The molecule has 2 aromatic carbocycles. The van der Waals surface area contributed by atoms with Gasteiger partial charge in [-0.3, -0.25) is 4.79 Å². The number of carbonyl (C=O) groups excluding carboxylic acids is 1. The van der Waals surface area contributed by atoms with E-state index >= 15 is 0 Å². The fourth-order valence-electron chi connectivity index (χ4n) is 4.30. The van der Waals surface area contributed by atoms with E-state index in [1.165, 1.54) is 11.1 Å². The molecule has 0 radical (unpaired) electrons. The number of nitrogens with one attached hydrogen (secondary N) is 1. The summed E-state index contributed by atoms with van der Waals surface area (Å²) in [5.41, 5.74) is 4.28. The Hall–Kier alpha value is -3.28. The van der Waals surface area contributed by atoms with Crippen LogP contribution in [0.1, 0.15) is 45.3 Å². The molecule has 6 heteroatoms. The van der Waals surface area contributed by atoms with E-state index in [0.29, 0.717) is 36.1 Å². The van der Waals surface area contributed by atoms with Crippen LogP contribution in [0.5, 0.6) is 11.5 Å². The maximum absolute atomic E-state index is 12.7. The average molecular weight is 420 g/mol. The Morgan fingerprint density at radius 2 is 1.97 bits per heavy atom. The van der Waals surface area contributed by atoms with E-state index in [2.05, 4.69) is 46.1 Å². The van der Waals surface area contributed by atoms with Crippen molar-refractivity contribution >= 4 is 5.91 Å².